The first kappa shape index (κ1) is 23.1. The van der Waals surface area contributed by atoms with Crippen molar-refractivity contribution < 1.29 is 32.6 Å². The fraction of sp³-hybridized carbons (Fsp3) is 0.440. The maximum atomic E-state index is 13.1. The third kappa shape index (κ3) is 5.31. The van der Waals surface area contributed by atoms with E-state index in [4.69, 9.17) is 4.74 Å². The molecule has 8 heteroatoms. The van der Waals surface area contributed by atoms with E-state index in [9.17, 15) is 27.9 Å². The lowest BCUT2D eigenvalue weighted by Gasteiger charge is -2.30. The van der Waals surface area contributed by atoms with Gasteiger partial charge in [0.15, 0.2) is 0 Å². The van der Waals surface area contributed by atoms with Crippen LogP contribution in [0.1, 0.15) is 42.5 Å². The number of hydrogen-bond acceptors (Lipinski definition) is 3. The van der Waals surface area contributed by atoms with Crippen LogP contribution in [0.2, 0.25) is 0 Å². The molecule has 1 atom stereocenters. The minimum atomic E-state index is -4.14. The number of aliphatic carboxylic acids is 1. The average molecular weight is 461 g/mol. The zero-order chi connectivity index (χ0) is 23.6. The molecule has 1 N–H and O–H groups in total. The molecule has 0 aromatic heterocycles. The highest BCUT2D eigenvalue weighted by Crippen LogP contribution is 2.38. The Morgan fingerprint density at radius 3 is 2.21 bits per heavy atom. The molecule has 4 rings (SSSR count). The lowest BCUT2D eigenvalue weighted by molar-refractivity contribution is -0.185. The van der Waals surface area contributed by atoms with Crippen LogP contribution in [0.4, 0.5) is 13.2 Å². The van der Waals surface area contributed by atoms with Crippen molar-refractivity contribution >= 4 is 11.9 Å². The minimum absolute atomic E-state index is 0.0843. The first-order chi connectivity index (χ1) is 15.7. The quantitative estimate of drug-likeness (QED) is 0.648. The third-order valence-electron chi connectivity index (χ3n) is 6.59. The lowest BCUT2D eigenvalue weighted by atomic mass is 9.87. The number of nitrogens with zero attached hydrogens (tertiary/aromatic N) is 1. The van der Waals surface area contributed by atoms with Crippen molar-refractivity contribution in [1.29, 1.82) is 0 Å². The van der Waals surface area contributed by atoms with Crippen LogP contribution in [0.3, 0.4) is 0 Å². The van der Waals surface area contributed by atoms with Gasteiger partial charge in [-0.2, -0.15) is 13.2 Å². The van der Waals surface area contributed by atoms with Gasteiger partial charge in [-0.05, 0) is 61.4 Å². The van der Waals surface area contributed by atoms with Crippen LogP contribution in [-0.4, -0.2) is 47.3 Å². The molecular formula is C25H26F3NO4. The standard InChI is InChI=1S/C25H26F3NO4/c26-25(27,28)18-7-11-20(12-8-18)33-19-9-5-16(6-10-19)21-3-1-2-4-22(21)23(30)29-14-13-17(15-29)24(31)32/h1-6,9-10,17-18,20H,7-8,11-15H2,(H,31,32)/t17-,18?,20?/m0/s1. The maximum absolute atomic E-state index is 13.1. The van der Waals surface area contributed by atoms with Gasteiger partial charge in [0.25, 0.3) is 5.91 Å². The Kier molecular flexibility index (Phi) is 6.63. The minimum Gasteiger partial charge on any atom is -0.490 e. The lowest BCUT2D eigenvalue weighted by Crippen LogP contribution is -2.31. The molecule has 0 unspecified atom stereocenters. The normalized spacial score (nSPS) is 23.4. The molecule has 33 heavy (non-hydrogen) atoms. The summed E-state index contributed by atoms with van der Waals surface area (Å²) in [6.07, 6.45) is -3.02. The van der Waals surface area contributed by atoms with Crippen molar-refractivity contribution in [2.24, 2.45) is 11.8 Å². The largest absolute Gasteiger partial charge is 0.490 e. The zero-order valence-corrected chi connectivity index (χ0v) is 18.1. The molecular weight excluding hydrogens is 435 g/mol. The molecule has 5 nitrogen and oxygen atoms in total. The molecule has 1 aliphatic carbocycles. The van der Waals surface area contributed by atoms with E-state index >= 15 is 0 Å². The number of alkyl halides is 3. The average Bonchev–Trinajstić information content (AvgIpc) is 3.30. The van der Waals surface area contributed by atoms with E-state index in [1.807, 2.05) is 24.3 Å². The second-order valence-corrected chi connectivity index (χ2v) is 8.78. The van der Waals surface area contributed by atoms with Crippen molar-refractivity contribution in [3.05, 3.63) is 54.1 Å². The number of ether oxygens (including phenoxy) is 1. The Hall–Kier alpha value is -3.03. The molecule has 176 valence electrons. The molecule has 2 aromatic rings. The summed E-state index contributed by atoms with van der Waals surface area (Å²) in [7, 11) is 0. The van der Waals surface area contributed by atoms with E-state index in [2.05, 4.69) is 0 Å². The Balaban J connectivity index is 1.43. The molecule has 2 fully saturated rings. The maximum Gasteiger partial charge on any atom is 0.391 e. The van der Waals surface area contributed by atoms with Gasteiger partial charge in [-0.25, -0.2) is 0 Å². The molecule has 0 spiro atoms. The van der Waals surface area contributed by atoms with Gasteiger partial charge in [-0.3, -0.25) is 9.59 Å². The van der Waals surface area contributed by atoms with Gasteiger partial charge in [-0.1, -0.05) is 30.3 Å². The number of rotatable bonds is 5. The van der Waals surface area contributed by atoms with Crippen molar-refractivity contribution in [1.82, 2.24) is 4.90 Å². The van der Waals surface area contributed by atoms with E-state index in [1.54, 1.807) is 29.2 Å². The highest BCUT2D eigenvalue weighted by molar-refractivity contribution is 6.01. The van der Waals surface area contributed by atoms with Crippen LogP contribution in [0, 0.1) is 11.8 Å². The number of benzene rings is 2. The molecule has 1 saturated carbocycles. The third-order valence-corrected chi connectivity index (χ3v) is 6.59. The van der Waals surface area contributed by atoms with Gasteiger partial charge in [-0.15, -0.1) is 0 Å². The van der Waals surface area contributed by atoms with Crippen LogP contribution in [0.25, 0.3) is 11.1 Å². The van der Waals surface area contributed by atoms with E-state index < -0.39 is 24.0 Å². The predicted octanol–water partition coefficient (Wildman–Crippen LogP) is 5.40. The second kappa shape index (κ2) is 9.45. The van der Waals surface area contributed by atoms with E-state index in [-0.39, 0.29) is 31.4 Å². The fourth-order valence-electron chi connectivity index (χ4n) is 4.65. The Labute approximate surface area is 190 Å². The summed E-state index contributed by atoms with van der Waals surface area (Å²) in [4.78, 5) is 25.9. The first-order valence-electron chi connectivity index (χ1n) is 11.2. The van der Waals surface area contributed by atoms with Gasteiger partial charge in [0.05, 0.1) is 17.9 Å². The molecule has 2 aromatic carbocycles. The van der Waals surface area contributed by atoms with Gasteiger partial charge in [0.1, 0.15) is 5.75 Å². The number of carbonyl (C=O) groups is 2. The number of likely N-dealkylation sites (tertiary alicyclic amines) is 1. The predicted molar refractivity (Wildman–Crippen MR) is 116 cm³/mol. The zero-order valence-electron chi connectivity index (χ0n) is 18.1. The number of amides is 1. The highest BCUT2D eigenvalue weighted by Gasteiger charge is 2.41. The van der Waals surface area contributed by atoms with Gasteiger partial charge < -0.3 is 14.7 Å². The number of carbonyl (C=O) groups excluding carboxylic acids is 1. The number of halogens is 3. The van der Waals surface area contributed by atoms with E-state index in [0.717, 1.165) is 11.1 Å². The highest BCUT2D eigenvalue weighted by atomic mass is 19.4. The van der Waals surface area contributed by atoms with E-state index in [0.29, 0.717) is 37.1 Å². The van der Waals surface area contributed by atoms with Crippen molar-refractivity contribution in [2.45, 2.75) is 44.4 Å². The molecule has 0 radical (unpaired) electrons. The number of carboxylic acid groups (broad SMARTS) is 1. The topological polar surface area (TPSA) is 66.8 Å². The van der Waals surface area contributed by atoms with Gasteiger partial charge in [0, 0.05) is 18.7 Å². The monoisotopic (exact) mass is 461 g/mol. The summed E-state index contributed by atoms with van der Waals surface area (Å²) in [6.45, 7) is 0.610. The van der Waals surface area contributed by atoms with Crippen LogP contribution in [-0.2, 0) is 4.79 Å². The molecule has 0 bridgehead atoms. The van der Waals surface area contributed by atoms with Gasteiger partial charge >= 0.3 is 12.1 Å². The van der Waals surface area contributed by atoms with Crippen molar-refractivity contribution in [2.75, 3.05) is 13.1 Å². The van der Waals surface area contributed by atoms with Crippen LogP contribution in [0.15, 0.2) is 48.5 Å². The summed E-state index contributed by atoms with van der Waals surface area (Å²) < 4.78 is 44.5. The Morgan fingerprint density at radius 1 is 0.939 bits per heavy atom. The summed E-state index contributed by atoms with van der Waals surface area (Å²) >= 11 is 0. The Bertz CT molecular complexity index is 997. The molecule has 1 amide bonds. The first-order valence-corrected chi connectivity index (χ1v) is 11.2. The van der Waals surface area contributed by atoms with Crippen LogP contribution in [0.5, 0.6) is 5.75 Å². The molecule has 1 saturated heterocycles. The summed E-state index contributed by atoms with van der Waals surface area (Å²) in [5.41, 5.74) is 2.04. The summed E-state index contributed by atoms with van der Waals surface area (Å²) in [6, 6.07) is 14.4. The number of carboxylic acids is 1. The Morgan fingerprint density at radius 2 is 1.61 bits per heavy atom. The van der Waals surface area contributed by atoms with Crippen LogP contribution < -0.4 is 4.74 Å². The molecule has 1 aliphatic heterocycles. The second-order valence-electron chi connectivity index (χ2n) is 8.78. The van der Waals surface area contributed by atoms with Crippen molar-refractivity contribution in [3.63, 3.8) is 0 Å². The fourth-order valence-corrected chi connectivity index (χ4v) is 4.65. The summed E-state index contributed by atoms with van der Waals surface area (Å²) in [5, 5.41) is 9.21. The summed E-state index contributed by atoms with van der Waals surface area (Å²) in [5.74, 6) is -2.28. The molecule has 2 aliphatic rings. The molecule has 1 heterocycles. The van der Waals surface area contributed by atoms with Crippen molar-refractivity contribution in [3.8, 4) is 16.9 Å². The van der Waals surface area contributed by atoms with Gasteiger partial charge in [0.2, 0.25) is 0 Å². The van der Waals surface area contributed by atoms with Crippen LogP contribution >= 0.6 is 0 Å². The van der Waals surface area contributed by atoms with E-state index in [1.165, 1.54) is 0 Å². The SMILES string of the molecule is O=C(O)[C@H]1CCN(C(=O)c2ccccc2-c2ccc(OC3CCC(C(F)(F)F)CC3)cc2)C1. The smallest absolute Gasteiger partial charge is 0.391 e. The number of hydrogen-bond donors (Lipinski definition) is 1.